The molecule has 0 aliphatic heterocycles. The van der Waals surface area contributed by atoms with Gasteiger partial charge < -0.3 is 10.3 Å². The molecule has 1 aliphatic rings. The van der Waals surface area contributed by atoms with E-state index in [-0.39, 0.29) is 24.6 Å². The minimum atomic E-state index is -4.09. The van der Waals surface area contributed by atoms with E-state index in [9.17, 15) is 13.2 Å². The Morgan fingerprint density at radius 2 is 1.95 bits per heavy atom. The zero-order valence-corrected chi connectivity index (χ0v) is 12.0. The second kappa shape index (κ2) is 5.36. The zero-order valence-electron chi connectivity index (χ0n) is 11.2. The summed E-state index contributed by atoms with van der Waals surface area (Å²) in [6.07, 6.45) is -2.87. The normalized spacial score (nSPS) is 23.4. The van der Waals surface area contributed by atoms with Gasteiger partial charge in [0, 0.05) is 10.8 Å². The van der Waals surface area contributed by atoms with Crippen LogP contribution in [-0.4, -0.2) is 11.3 Å². The summed E-state index contributed by atoms with van der Waals surface area (Å²) < 4.78 is 43.3. The van der Waals surface area contributed by atoms with Crippen LogP contribution in [0.15, 0.2) is 22.0 Å². The van der Waals surface area contributed by atoms with E-state index >= 15 is 0 Å². The average Bonchev–Trinajstić information content (AvgIpc) is 3.06. The van der Waals surface area contributed by atoms with Gasteiger partial charge in [-0.05, 0) is 37.1 Å². The average molecular weight is 316 g/mol. The van der Waals surface area contributed by atoms with Crippen LogP contribution in [-0.2, 0) is 0 Å². The van der Waals surface area contributed by atoms with E-state index in [0.29, 0.717) is 18.5 Å². The second-order valence-electron chi connectivity index (χ2n) is 5.37. The predicted molar refractivity (Wildman–Crippen MR) is 75.0 cm³/mol. The Morgan fingerprint density at radius 3 is 2.52 bits per heavy atom. The van der Waals surface area contributed by atoms with Crippen LogP contribution in [0.3, 0.4) is 0 Å². The molecular formula is C14H15F3N2OS. The molecule has 2 aromatic heterocycles. The summed E-state index contributed by atoms with van der Waals surface area (Å²) in [6.45, 7) is 0. The molecule has 0 unspecified atom stereocenters. The lowest BCUT2D eigenvalue weighted by Gasteiger charge is -2.29. The Balaban J connectivity index is 1.81. The highest BCUT2D eigenvalue weighted by Crippen LogP contribution is 2.46. The molecule has 7 heteroatoms. The van der Waals surface area contributed by atoms with Crippen LogP contribution < -0.4 is 5.73 Å². The Bertz CT molecular complexity index is 598. The van der Waals surface area contributed by atoms with Gasteiger partial charge in [-0.3, -0.25) is 0 Å². The SMILES string of the molecule is Nc1onc(C2CCC(C(F)(F)F)CC2)c1-c1cccs1. The number of aromatic nitrogens is 1. The van der Waals surface area contributed by atoms with Crippen LogP contribution in [0.4, 0.5) is 19.1 Å². The largest absolute Gasteiger partial charge is 0.391 e. The molecule has 2 heterocycles. The van der Waals surface area contributed by atoms with Crippen molar-refractivity contribution in [1.82, 2.24) is 5.16 Å². The van der Waals surface area contributed by atoms with Crippen molar-refractivity contribution in [2.45, 2.75) is 37.8 Å². The minimum absolute atomic E-state index is 0.0123. The second-order valence-corrected chi connectivity index (χ2v) is 6.32. The quantitative estimate of drug-likeness (QED) is 0.864. The Morgan fingerprint density at radius 1 is 1.24 bits per heavy atom. The fourth-order valence-corrected chi connectivity index (χ4v) is 3.74. The molecule has 0 amide bonds. The highest BCUT2D eigenvalue weighted by atomic mass is 32.1. The van der Waals surface area contributed by atoms with Gasteiger partial charge >= 0.3 is 6.18 Å². The molecule has 114 valence electrons. The number of nitrogen functional groups attached to an aromatic ring is 1. The topological polar surface area (TPSA) is 52.0 Å². The van der Waals surface area contributed by atoms with E-state index in [4.69, 9.17) is 10.3 Å². The third-order valence-electron chi connectivity index (χ3n) is 4.09. The van der Waals surface area contributed by atoms with Gasteiger partial charge in [0.05, 0.1) is 17.2 Å². The maximum atomic E-state index is 12.7. The monoisotopic (exact) mass is 316 g/mol. The van der Waals surface area contributed by atoms with Crippen molar-refractivity contribution in [2.24, 2.45) is 5.92 Å². The standard InChI is InChI=1S/C14H15F3N2OS/c15-14(16,17)9-5-3-8(4-6-9)12-11(13(18)20-19-12)10-2-1-7-21-10/h1-2,7-9H,3-6,18H2. The molecule has 1 saturated carbocycles. The van der Waals surface area contributed by atoms with Crippen molar-refractivity contribution in [2.75, 3.05) is 5.73 Å². The van der Waals surface area contributed by atoms with Gasteiger partial charge in [0.1, 0.15) is 0 Å². The fourth-order valence-electron chi connectivity index (χ4n) is 2.96. The number of hydrogen-bond donors (Lipinski definition) is 1. The van der Waals surface area contributed by atoms with Gasteiger partial charge in [-0.25, -0.2) is 0 Å². The van der Waals surface area contributed by atoms with E-state index in [2.05, 4.69) is 5.16 Å². The number of rotatable bonds is 2. The molecule has 1 aliphatic carbocycles. The summed E-state index contributed by atoms with van der Waals surface area (Å²) in [7, 11) is 0. The number of hydrogen-bond acceptors (Lipinski definition) is 4. The molecule has 1 fully saturated rings. The number of anilines is 1. The summed E-state index contributed by atoms with van der Waals surface area (Å²) >= 11 is 1.52. The Labute approximate surface area is 123 Å². The molecule has 21 heavy (non-hydrogen) atoms. The summed E-state index contributed by atoms with van der Waals surface area (Å²) in [6, 6.07) is 3.81. The lowest BCUT2D eigenvalue weighted by molar-refractivity contribution is -0.182. The van der Waals surface area contributed by atoms with E-state index in [1.807, 2.05) is 17.5 Å². The lowest BCUT2D eigenvalue weighted by Crippen LogP contribution is -2.27. The maximum Gasteiger partial charge on any atom is 0.391 e. The summed E-state index contributed by atoms with van der Waals surface area (Å²) in [5.41, 5.74) is 7.29. The third kappa shape index (κ3) is 2.79. The van der Waals surface area contributed by atoms with Gasteiger partial charge in [0.15, 0.2) is 0 Å². The molecule has 0 aromatic carbocycles. The van der Waals surface area contributed by atoms with E-state index < -0.39 is 12.1 Å². The fraction of sp³-hybridized carbons (Fsp3) is 0.500. The molecule has 0 bridgehead atoms. The molecule has 3 rings (SSSR count). The number of alkyl halides is 3. The number of nitrogens with zero attached hydrogens (tertiary/aromatic N) is 1. The van der Waals surface area contributed by atoms with Crippen LogP contribution in [0.1, 0.15) is 37.3 Å². The van der Waals surface area contributed by atoms with Crippen molar-refractivity contribution >= 4 is 17.2 Å². The van der Waals surface area contributed by atoms with Crippen LogP contribution in [0.25, 0.3) is 10.4 Å². The van der Waals surface area contributed by atoms with Crippen molar-refractivity contribution in [3.8, 4) is 10.4 Å². The van der Waals surface area contributed by atoms with Crippen LogP contribution >= 0.6 is 11.3 Å². The van der Waals surface area contributed by atoms with Gasteiger partial charge in [-0.2, -0.15) is 13.2 Å². The smallest absolute Gasteiger partial charge is 0.367 e. The molecule has 2 N–H and O–H groups in total. The first kappa shape index (κ1) is 14.4. The van der Waals surface area contributed by atoms with Gasteiger partial charge in [0.2, 0.25) is 5.88 Å². The lowest BCUT2D eigenvalue weighted by atomic mass is 9.79. The molecular weight excluding hydrogens is 301 g/mol. The first-order chi connectivity index (χ1) is 9.97. The highest BCUT2D eigenvalue weighted by molar-refractivity contribution is 7.13. The number of thiophene rings is 1. The summed E-state index contributed by atoms with van der Waals surface area (Å²) in [5, 5.41) is 5.93. The van der Waals surface area contributed by atoms with E-state index in [0.717, 1.165) is 10.4 Å². The Hall–Kier alpha value is -1.50. The van der Waals surface area contributed by atoms with Gasteiger partial charge in [-0.1, -0.05) is 11.2 Å². The number of nitrogens with two attached hydrogens (primary N) is 1. The molecule has 0 saturated heterocycles. The third-order valence-corrected chi connectivity index (χ3v) is 4.98. The van der Waals surface area contributed by atoms with Crippen molar-refractivity contribution in [3.63, 3.8) is 0 Å². The molecule has 0 atom stereocenters. The summed E-state index contributed by atoms with van der Waals surface area (Å²) in [5.74, 6) is -0.963. The summed E-state index contributed by atoms with van der Waals surface area (Å²) in [4.78, 5) is 0.946. The first-order valence-corrected chi connectivity index (χ1v) is 7.70. The number of halogens is 3. The maximum absolute atomic E-state index is 12.7. The van der Waals surface area contributed by atoms with Crippen LogP contribution in [0, 0.1) is 5.92 Å². The van der Waals surface area contributed by atoms with Crippen LogP contribution in [0.5, 0.6) is 0 Å². The van der Waals surface area contributed by atoms with Crippen molar-refractivity contribution in [1.29, 1.82) is 0 Å². The highest BCUT2D eigenvalue weighted by Gasteiger charge is 2.42. The first-order valence-electron chi connectivity index (χ1n) is 6.82. The van der Waals surface area contributed by atoms with E-state index in [1.165, 1.54) is 11.3 Å². The van der Waals surface area contributed by atoms with Crippen LogP contribution in [0.2, 0.25) is 0 Å². The Kier molecular flexibility index (Phi) is 3.69. The zero-order chi connectivity index (χ0) is 15.0. The molecule has 0 spiro atoms. The van der Waals surface area contributed by atoms with Gasteiger partial charge in [-0.15, -0.1) is 11.3 Å². The molecule has 0 radical (unpaired) electrons. The van der Waals surface area contributed by atoms with E-state index in [1.54, 1.807) is 0 Å². The van der Waals surface area contributed by atoms with Crippen molar-refractivity contribution in [3.05, 3.63) is 23.2 Å². The predicted octanol–water partition coefficient (Wildman–Crippen LogP) is 4.82. The minimum Gasteiger partial charge on any atom is -0.367 e. The van der Waals surface area contributed by atoms with Gasteiger partial charge in [0.25, 0.3) is 0 Å². The van der Waals surface area contributed by atoms with Crippen molar-refractivity contribution < 1.29 is 17.7 Å². The molecule has 3 nitrogen and oxygen atoms in total. The molecule has 2 aromatic rings.